The van der Waals surface area contributed by atoms with Gasteiger partial charge in [-0.25, -0.2) is 0 Å². The molecule has 5 nitrogen and oxygen atoms in total. The van der Waals surface area contributed by atoms with E-state index in [9.17, 15) is 10.1 Å². The van der Waals surface area contributed by atoms with Crippen LogP contribution in [0.3, 0.4) is 0 Å². The number of nitriles is 1. The van der Waals surface area contributed by atoms with Crippen molar-refractivity contribution in [1.82, 2.24) is 5.32 Å². The van der Waals surface area contributed by atoms with E-state index in [1.54, 1.807) is 13.2 Å². The Balaban J connectivity index is 2.25. The number of ether oxygens (including phenoxy) is 1. The van der Waals surface area contributed by atoms with Crippen molar-refractivity contribution in [2.45, 2.75) is 26.8 Å². The maximum Gasteiger partial charge on any atom is 0.262 e. The number of hydrogen-bond donors (Lipinski definition) is 1. The third-order valence-electron chi connectivity index (χ3n) is 4.66. The molecule has 0 unspecified atom stereocenters. The quantitative estimate of drug-likeness (QED) is 0.549. The molecule has 28 heavy (non-hydrogen) atoms. The van der Waals surface area contributed by atoms with Crippen molar-refractivity contribution in [3.8, 4) is 11.8 Å². The van der Waals surface area contributed by atoms with Gasteiger partial charge in [-0.2, -0.15) is 5.26 Å². The molecule has 1 amide bonds. The van der Waals surface area contributed by atoms with E-state index in [1.807, 2.05) is 61.5 Å². The zero-order chi connectivity index (χ0) is 20.5. The summed E-state index contributed by atoms with van der Waals surface area (Å²) >= 11 is 0. The maximum absolute atomic E-state index is 12.6. The van der Waals surface area contributed by atoms with Crippen LogP contribution in [-0.2, 0) is 4.79 Å². The van der Waals surface area contributed by atoms with E-state index in [2.05, 4.69) is 24.1 Å². The lowest BCUT2D eigenvalue weighted by Crippen LogP contribution is -2.27. The second kappa shape index (κ2) is 10.2. The summed E-state index contributed by atoms with van der Waals surface area (Å²) in [5, 5.41) is 12.4. The average Bonchev–Trinajstić information content (AvgIpc) is 2.73. The topological polar surface area (TPSA) is 65.4 Å². The summed E-state index contributed by atoms with van der Waals surface area (Å²) in [5.41, 5.74) is 2.75. The molecule has 0 spiro atoms. The molecule has 0 aliphatic carbocycles. The largest absolute Gasteiger partial charge is 0.496 e. The molecule has 0 bridgehead atoms. The molecule has 0 fully saturated rings. The third kappa shape index (κ3) is 5.14. The highest BCUT2D eigenvalue weighted by atomic mass is 16.5. The van der Waals surface area contributed by atoms with Crippen LogP contribution in [0, 0.1) is 11.3 Å². The molecule has 5 heteroatoms. The average molecular weight is 377 g/mol. The lowest BCUT2D eigenvalue weighted by Gasteiger charge is -2.22. The van der Waals surface area contributed by atoms with Gasteiger partial charge in [-0.05, 0) is 44.5 Å². The fraction of sp³-hybridized carbons (Fsp3) is 0.304. The van der Waals surface area contributed by atoms with Crippen molar-refractivity contribution in [2.75, 3.05) is 25.1 Å². The molecule has 2 aromatic carbocycles. The number of amides is 1. The van der Waals surface area contributed by atoms with Crippen LogP contribution in [0.2, 0.25) is 0 Å². The fourth-order valence-electron chi connectivity index (χ4n) is 3.01. The van der Waals surface area contributed by atoms with Crippen LogP contribution in [-0.4, -0.2) is 26.1 Å². The Morgan fingerprint density at radius 1 is 1.21 bits per heavy atom. The highest BCUT2D eigenvalue weighted by Crippen LogP contribution is 2.27. The van der Waals surface area contributed by atoms with Gasteiger partial charge in [0, 0.05) is 30.4 Å². The van der Waals surface area contributed by atoms with Gasteiger partial charge in [-0.1, -0.05) is 30.3 Å². The maximum atomic E-state index is 12.6. The van der Waals surface area contributed by atoms with Gasteiger partial charge in [0.25, 0.3) is 5.91 Å². The Bertz CT molecular complexity index is 865. The first-order valence-electron chi connectivity index (χ1n) is 9.44. The summed E-state index contributed by atoms with van der Waals surface area (Å²) in [4.78, 5) is 14.8. The number of rotatable bonds is 8. The predicted octanol–water partition coefficient (Wildman–Crippen LogP) is 4.33. The first-order chi connectivity index (χ1) is 13.5. The normalized spacial score (nSPS) is 12.0. The minimum atomic E-state index is -0.409. The van der Waals surface area contributed by atoms with Crippen molar-refractivity contribution in [3.63, 3.8) is 0 Å². The van der Waals surface area contributed by atoms with E-state index in [0.717, 1.165) is 24.3 Å². The molecule has 0 aromatic heterocycles. The standard InChI is InChI=1S/C23H27N3O2/c1-5-26(6-2)21-13-12-19(22(15-21)28-4)14-20(16-24)23(27)25-17(3)18-10-8-7-9-11-18/h7-15,17H,5-6H2,1-4H3,(H,25,27)/b20-14-/t17-/m1/s1. The van der Waals surface area contributed by atoms with Crippen molar-refractivity contribution in [3.05, 3.63) is 65.2 Å². The van der Waals surface area contributed by atoms with Gasteiger partial charge in [-0.3, -0.25) is 4.79 Å². The van der Waals surface area contributed by atoms with E-state index in [-0.39, 0.29) is 11.6 Å². The number of carbonyl (C=O) groups excluding carboxylic acids is 1. The van der Waals surface area contributed by atoms with E-state index in [4.69, 9.17) is 4.74 Å². The Kier molecular flexibility index (Phi) is 7.65. The van der Waals surface area contributed by atoms with Crippen molar-refractivity contribution in [1.29, 1.82) is 5.26 Å². The van der Waals surface area contributed by atoms with E-state index < -0.39 is 5.91 Å². The van der Waals surface area contributed by atoms with Crippen LogP contribution in [0.4, 0.5) is 5.69 Å². The smallest absolute Gasteiger partial charge is 0.262 e. The van der Waals surface area contributed by atoms with Crippen molar-refractivity contribution in [2.24, 2.45) is 0 Å². The zero-order valence-electron chi connectivity index (χ0n) is 16.9. The fourth-order valence-corrected chi connectivity index (χ4v) is 3.01. The van der Waals surface area contributed by atoms with E-state index >= 15 is 0 Å². The molecule has 2 aromatic rings. The first kappa shape index (κ1) is 21.0. The monoisotopic (exact) mass is 377 g/mol. The molecule has 0 aliphatic rings. The van der Waals surface area contributed by atoms with Crippen LogP contribution in [0.15, 0.2) is 54.1 Å². The zero-order valence-corrected chi connectivity index (χ0v) is 16.9. The number of methoxy groups -OCH3 is 1. The molecule has 1 N–H and O–H groups in total. The van der Waals surface area contributed by atoms with E-state index in [1.165, 1.54) is 0 Å². The number of hydrogen-bond acceptors (Lipinski definition) is 4. The van der Waals surface area contributed by atoms with Gasteiger partial charge in [0.05, 0.1) is 13.2 Å². The lowest BCUT2D eigenvalue weighted by molar-refractivity contribution is -0.117. The minimum Gasteiger partial charge on any atom is -0.496 e. The number of nitrogens with one attached hydrogen (secondary N) is 1. The summed E-state index contributed by atoms with van der Waals surface area (Å²) in [6, 6.07) is 17.2. The van der Waals surface area contributed by atoms with Crippen LogP contribution in [0.25, 0.3) is 6.08 Å². The number of benzene rings is 2. The van der Waals surface area contributed by atoms with Gasteiger partial charge >= 0.3 is 0 Å². The van der Waals surface area contributed by atoms with Crippen LogP contribution in [0.1, 0.15) is 37.9 Å². The molecule has 1 atom stereocenters. The highest BCUT2D eigenvalue weighted by molar-refractivity contribution is 6.02. The number of anilines is 1. The Morgan fingerprint density at radius 2 is 1.89 bits per heavy atom. The Hall–Kier alpha value is -3.26. The second-order valence-corrected chi connectivity index (χ2v) is 6.37. The summed E-state index contributed by atoms with van der Waals surface area (Å²) in [6.07, 6.45) is 1.57. The van der Waals surface area contributed by atoms with Crippen LogP contribution in [0.5, 0.6) is 5.75 Å². The molecule has 0 radical (unpaired) electrons. The summed E-state index contributed by atoms with van der Waals surface area (Å²) < 4.78 is 5.49. The molecule has 0 aliphatic heterocycles. The molecule has 146 valence electrons. The molecular weight excluding hydrogens is 350 g/mol. The second-order valence-electron chi connectivity index (χ2n) is 6.37. The summed E-state index contributed by atoms with van der Waals surface area (Å²) in [7, 11) is 1.59. The molecule has 0 heterocycles. The highest BCUT2D eigenvalue weighted by Gasteiger charge is 2.15. The van der Waals surface area contributed by atoms with Crippen LogP contribution < -0.4 is 15.0 Å². The third-order valence-corrected chi connectivity index (χ3v) is 4.66. The molecule has 2 rings (SSSR count). The Labute approximate surface area is 167 Å². The van der Waals surface area contributed by atoms with Gasteiger partial charge in [-0.15, -0.1) is 0 Å². The molecule has 0 saturated carbocycles. The summed E-state index contributed by atoms with van der Waals surface area (Å²) in [5.74, 6) is 0.217. The SMILES string of the molecule is CCN(CC)c1ccc(/C=C(/C#N)C(=O)N[C@H](C)c2ccccc2)c(OC)c1. The van der Waals surface area contributed by atoms with Crippen molar-refractivity contribution < 1.29 is 9.53 Å². The van der Waals surface area contributed by atoms with Gasteiger partial charge in [0.2, 0.25) is 0 Å². The van der Waals surface area contributed by atoms with Gasteiger partial charge < -0.3 is 15.0 Å². The molecule has 0 saturated heterocycles. The minimum absolute atomic E-state index is 0.0386. The predicted molar refractivity (Wildman–Crippen MR) is 113 cm³/mol. The van der Waals surface area contributed by atoms with Gasteiger partial charge in [0.1, 0.15) is 17.4 Å². The number of nitrogens with zero attached hydrogens (tertiary/aromatic N) is 2. The number of carbonyl (C=O) groups is 1. The first-order valence-corrected chi connectivity index (χ1v) is 9.44. The van der Waals surface area contributed by atoms with Crippen LogP contribution >= 0.6 is 0 Å². The summed E-state index contributed by atoms with van der Waals surface area (Å²) in [6.45, 7) is 7.85. The Morgan fingerprint density at radius 3 is 2.46 bits per heavy atom. The van der Waals surface area contributed by atoms with Gasteiger partial charge in [0.15, 0.2) is 0 Å². The lowest BCUT2D eigenvalue weighted by atomic mass is 10.1. The molecular formula is C23H27N3O2. The van der Waals surface area contributed by atoms with E-state index in [0.29, 0.717) is 11.3 Å². The van der Waals surface area contributed by atoms with Crippen molar-refractivity contribution >= 4 is 17.7 Å².